The van der Waals surface area contributed by atoms with E-state index in [4.69, 9.17) is 9.15 Å². The summed E-state index contributed by atoms with van der Waals surface area (Å²) < 4.78 is 9.70. The lowest BCUT2D eigenvalue weighted by molar-refractivity contribution is -0.384. The van der Waals surface area contributed by atoms with E-state index in [0.717, 1.165) is 0 Å². The molecule has 0 aliphatic carbocycles. The fraction of sp³-hybridized carbons (Fsp3) is 0.235. The second kappa shape index (κ2) is 9.13. The Morgan fingerprint density at radius 1 is 1.26 bits per heavy atom. The minimum Gasteiger partial charge on any atom is -0.459 e. The summed E-state index contributed by atoms with van der Waals surface area (Å²) in [5.41, 5.74) is 0.720. The highest BCUT2D eigenvalue weighted by Crippen LogP contribution is 2.21. The van der Waals surface area contributed by atoms with Crippen molar-refractivity contribution in [3.05, 3.63) is 58.0 Å². The van der Waals surface area contributed by atoms with Crippen LogP contribution in [0.5, 0.6) is 0 Å². The van der Waals surface area contributed by atoms with E-state index in [1.54, 1.807) is 13.0 Å². The van der Waals surface area contributed by atoms with E-state index in [1.165, 1.54) is 30.5 Å². The molecule has 1 aromatic carbocycles. The molecule has 0 fully saturated rings. The zero-order valence-electron chi connectivity index (χ0n) is 14.4. The molecule has 2 N–H and O–H groups in total. The molecular formula is C17H17N3O7. The molecule has 0 aliphatic heterocycles. The minimum atomic E-state index is -0.680. The first-order valence-electron chi connectivity index (χ1n) is 7.89. The summed E-state index contributed by atoms with van der Waals surface area (Å²) in [6, 6.07) is 7.08. The highest BCUT2D eigenvalue weighted by molar-refractivity contribution is 5.94. The number of ether oxygens (including phenoxy) is 1. The summed E-state index contributed by atoms with van der Waals surface area (Å²) in [4.78, 5) is 45.3. The zero-order chi connectivity index (χ0) is 19.8. The van der Waals surface area contributed by atoms with Crippen LogP contribution in [0.3, 0.4) is 0 Å². The number of aryl methyl sites for hydroxylation is 1. The van der Waals surface area contributed by atoms with E-state index in [2.05, 4.69) is 10.6 Å². The Balaban J connectivity index is 1.73. The summed E-state index contributed by atoms with van der Waals surface area (Å²) in [6.07, 6.45) is 1.22. The molecule has 2 amide bonds. The third-order valence-electron chi connectivity index (χ3n) is 3.43. The van der Waals surface area contributed by atoms with E-state index in [0.29, 0.717) is 5.56 Å². The lowest BCUT2D eigenvalue weighted by atomic mass is 10.2. The second-order valence-electron chi connectivity index (χ2n) is 5.45. The Kier molecular flexibility index (Phi) is 6.64. The summed E-state index contributed by atoms with van der Waals surface area (Å²) in [5, 5.41) is 15.7. The summed E-state index contributed by atoms with van der Waals surface area (Å²) in [7, 11) is 0. The number of hydrogen-bond donors (Lipinski definition) is 2. The van der Waals surface area contributed by atoms with Gasteiger partial charge in [-0.3, -0.25) is 24.5 Å². The third-order valence-corrected chi connectivity index (χ3v) is 3.43. The van der Waals surface area contributed by atoms with Gasteiger partial charge < -0.3 is 19.8 Å². The molecule has 10 nitrogen and oxygen atoms in total. The van der Waals surface area contributed by atoms with E-state index >= 15 is 0 Å². The topological polar surface area (TPSA) is 141 Å². The predicted octanol–water partition coefficient (Wildman–Crippen LogP) is 1.80. The van der Waals surface area contributed by atoms with Crippen LogP contribution in [-0.2, 0) is 14.3 Å². The first-order chi connectivity index (χ1) is 12.9. The van der Waals surface area contributed by atoms with E-state index in [-0.39, 0.29) is 30.1 Å². The number of carbonyl (C=O) groups is 3. The van der Waals surface area contributed by atoms with Crippen LogP contribution in [0, 0.1) is 17.0 Å². The molecule has 0 spiro atoms. The molecule has 0 bridgehead atoms. The molecule has 2 aromatic rings. The molecule has 2 rings (SSSR count). The van der Waals surface area contributed by atoms with Gasteiger partial charge in [-0.25, -0.2) is 0 Å². The van der Waals surface area contributed by atoms with E-state index < -0.39 is 29.3 Å². The first kappa shape index (κ1) is 19.6. The van der Waals surface area contributed by atoms with Gasteiger partial charge in [-0.05, 0) is 24.6 Å². The summed E-state index contributed by atoms with van der Waals surface area (Å²) >= 11 is 0. The fourth-order valence-electron chi connectivity index (χ4n) is 2.04. The average molecular weight is 375 g/mol. The molecule has 27 heavy (non-hydrogen) atoms. The quantitative estimate of drug-likeness (QED) is 0.407. The number of carbonyl (C=O) groups excluding carboxylic acids is 3. The SMILES string of the molecule is Cc1ccc([N+](=O)[O-])cc1NC(=O)COC(=O)CCNC(=O)c1ccco1. The Labute approximate surface area is 153 Å². The maximum absolute atomic E-state index is 11.8. The van der Waals surface area contributed by atoms with Crippen LogP contribution >= 0.6 is 0 Å². The monoisotopic (exact) mass is 375 g/mol. The van der Waals surface area contributed by atoms with Crippen LogP contribution in [0.15, 0.2) is 41.0 Å². The van der Waals surface area contributed by atoms with Gasteiger partial charge in [0.05, 0.1) is 23.3 Å². The summed E-state index contributed by atoms with van der Waals surface area (Å²) in [6.45, 7) is 1.14. The van der Waals surface area contributed by atoms with Crippen molar-refractivity contribution in [2.75, 3.05) is 18.5 Å². The molecule has 1 aromatic heterocycles. The van der Waals surface area contributed by atoms with Crippen LogP contribution in [0.4, 0.5) is 11.4 Å². The summed E-state index contributed by atoms with van der Waals surface area (Å²) in [5.74, 6) is -1.66. The number of furan rings is 1. The van der Waals surface area contributed by atoms with E-state index in [9.17, 15) is 24.5 Å². The van der Waals surface area contributed by atoms with Gasteiger partial charge in [-0.15, -0.1) is 0 Å². The van der Waals surface area contributed by atoms with Crippen molar-refractivity contribution < 1.29 is 28.5 Å². The largest absolute Gasteiger partial charge is 0.459 e. The maximum Gasteiger partial charge on any atom is 0.308 e. The number of benzene rings is 1. The van der Waals surface area contributed by atoms with Crippen LogP contribution in [0.25, 0.3) is 0 Å². The molecule has 0 aliphatic rings. The van der Waals surface area contributed by atoms with Gasteiger partial charge in [0.1, 0.15) is 0 Å². The number of rotatable bonds is 8. The van der Waals surface area contributed by atoms with Crippen molar-refractivity contribution in [2.24, 2.45) is 0 Å². The van der Waals surface area contributed by atoms with Gasteiger partial charge in [0, 0.05) is 18.7 Å². The fourth-order valence-corrected chi connectivity index (χ4v) is 2.04. The van der Waals surface area contributed by atoms with Crippen molar-refractivity contribution >= 4 is 29.2 Å². The standard InChI is InChI=1S/C17H17N3O7/c1-11-4-5-12(20(24)25)9-13(11)19-15(21)10-27-16(22)6-7-18-17(23)14-3-2-8-26-14/h2-5,8-9H,6-7,10H2,1H3,(H,18,23)(H,19,21). The van der Waals surface area contributed by atoms with Gasteiger partial charge in [-0.1, -0.05) is 6.07 Å². The van der Waals surface area contributed by atoms with Gasteiger partial charge >= 0.3 is 5.97 Å². The Bertz CT molecular complexity index is 846. The van der Waals surface area contributed by atoms with Gasteiger partial charge in [-0.2, -0.15) is 0 Å². The molecule has 0 radical (unpaired) electrons. The van der Waals surface area contributed by atoms with Crippen molar-refractivity contribution in [2.45, 2.75) is 13.3 Å². The van der Waals surface area contributed by atoms with Crippen molar-refractivity contribution in [3.8, 4) is 0 Å². The number of anilines is 1. The van der Waals surface area contributed by atoms with Gasteiger partial charge in [0.15, 0.2) is 12.4 Å². The third kappa shape index (κ3) is 5.96. The molecule has 0 saturated carbocycles. The predicted molar refractivity (Wildman–Crippen MR) is 93.1 cm³/mol. The van der Waals surface area contributed by atoms with Crippen LogP contribution < -0.4 is 10.6 Å². The van der Waals surface area contributed by atoms with Crippen molar-refractivity contribution in [1.29, 1.82) is 0 Å². The number of nitrogens with zero attached hydrogens (tertiary/aromatic N) is 1. The molecule has 10 heteroatoms. The second-order valence-corrected chi connectivity index (χ2v) is 5.45. The van der Waals surface area contributed by atoms with Crippen LogP contribution in [0.2, 0.25) is 0 Å². The lowest BCUT2D eigenvalue weighted by Crippen LogP contribution is -2.27. The molecular weight excluding hydrogens is 358 g/mol. The van der Waals surface area contributed by atoms with Gasteiger partial charge in [0.25, 0.3) is 17.5 Å². The highest BCUT2D eigenvalue weighted by Gasteiger charge is 2.13. The van der Waals surface area contributed by atoms with Crippen LogP contribution in [-0.4, -0.2) is 35.9 Å². The normalized spacial score (nSPS) is 10.1. The minimum absolute atomic E-state index is 0.0178. The number of nitro groups is 1. The Hall–Kier alpha value is -3.69. The number of non-ortho nitro benzene ring substituents is 1. The molecule has 142 valence electrons. The molecule has 0 unspecified atom stereocenters. The number of nitrogens with one attached hydrogen (secondary N) is 2. The zero-order valence-corrected chi connectivity index (χ0v) is 14.4. The Morgan fingerprint density at radius 3 is 2.70 bits per heavy atom. The molecule has 1 heterocycles. The van der Waals surface area contributed by atoms with Gasteiger partial charge in [0.2, 0.25) is 0 Å². The molecule has 0 atom stereocenters. The number of esters is 1. The molecule has 0 saturated heterocycles. The average Bonchev–Trinajstić information content (AvgIpc) is 3.16. The number of hydrogen-bond acceptors (Lipinski definition) is 7. The maximum atomic E-state index is 11.8. The van der Waals surface area contributed by atoms with E-state index in [1.807, 2.05) is 0 Å². The van der Waals surface area contributed by atoms with Crippen LogP contribution in [0.1, 0.15) is 22.5 Å². The highest BCUT2D eigenvalue weighted by atomic mass is 16.6. The smallest absolute Gasteiger partial charge is 0.308 e. The Morgan fingerprint density at radius 2 is 2.04 bits per heavy atom. The number of nitro benzene ring substituents is 1. The van der Waals surface area contributed by atoms with Crippen molar-refractivity contribution in [3.63, 3.8) is 0 Å². The first-order valence-corrected chi connectivity index (χ1v) is 7.89. The lowest BCUT2D eigenvalue weighted by Gasteiger charge is -2.09. The van der Waals surface area contributed by atoms with Crippen molar-refractivity contribution in [1.82, 2.24) is 5.32 Å². The number of amides is 2.